The summed E-state index contributed by atoms with van der Waals surface area (Å²) >= 11 is 0. The van der Waals surface area contributed by atoms with Crippen molar-refractivity contribution in [2.24, 2.45) is 5.73 Å². The number of nitrogens with two attached hydrogens (primary N) is 1. The Balaban J connectivity index is 1.59. The Kier molecular flexibility index (Phi) is 5.24. The van der Waals surface area contributed by atoms with E-state index < -0.39 is 5.60 Å². The summed E-state index contributed by atoms with van der Waals surface area (Å²) in [5.41, 5.74) is 5.64. The van der Waals surface area contributed by atoms with Gasteiger partial charge in [-0.3, -0.25) is 9.59 Å². The summed E-state index contributed by atoms with van der Waals surface area (Å²) in [6.45, 7) is 2.93. The number of ether oxygens (including phenoxy) is 2. The predicted molar refractivity (Wildman–Crippen MR) is 92.4 cm³/mol. The highest BCUT2D eigenvalue weighted by Crippen LogP contribution is 2.30. The van der Waals surface area contributed by atoms with Gasteiger partial charge in [-0.2, -0.15) is 0 Å². The number of hydrogen-bond acceptors (Lipinski definition) is 5. The van der Waals surface area contributed by atoms with Crippen molar-refractivity contribution >= 4 is 11.8 Å². The second-order valence-corrected chi connectivity index (χ2v) is 6.71. The van der Waals surface area contributed by atoms with E-state index in [4.69, 9.17) is 15.2 Å². The largest absolute Gasteiger partial charge is 0.494 e. The standard InChI is InChI=1S/C18H25N3O4/c1-20-12-18(25-11-16(20)22)7-9-21(13-18)17(23)14-3-5-15(6-4-14)24-10-2-8-19/h3-6H,2,7-13,19H2,1H3. The summed E-state index contributed by atoms with van der Waals surface area (Å²) in [6, 6.07) is 7.17. The molecule has 3 rings (SSSR count). The third-order valence-corrected chi connectivity index (χ3v) is 4.77. The highest BCUT2D eigenvalue weighted by atomic mass is 16.5. The van der Waals surface area contributed by atoms with Crippen LogP contribution in [0.15, 0.2) is 24.3 Å². The molecule has 136 valence electrons. The molecule has 1 unspecified atom stereocenters. The van der Waals surface area contributed by atoms with Gasteiger partial charge in [0.2, 0.25) is 5.91 Å². The minimum absolute atomic E-state index is 0.0133. The Labute approximate surface area is 147 Å². The van der Waals surface area contributed by atoms with Gasteiger partial charge in [0.1, 0.15) is 18.0 Å². The molecule has 1 aromatic rings. The van der Waals surface area contributed by atoms with Gasteiger partial charge in [0.05, 0.1) is 19.7 Å². The molecule has 1 atom stereocenters. The van der Waals surface area contributed by atoms with E-state index in [-0.39, 0.29) is 18.4 Å². The molecule has 2 fully saturated rings. The van der Waals surface area contributed by atoms with Crippen LogP contribution in [0.3, 0.4) is 0 Å². The molecule has 25 heavy (non-hydrogen) atoms. The van der Waals surface area contributed by atoms with E-state index in [1.54, 1.807) is 41.1 Å². The molecule has 2 aliphatic heterocycles. The number of carbonyl (C=O) groups excluding carboxylic acids is 2. The van der Waals surface area contributed by atoms with Gasteiger partial charge in [-0.1, -0.05) is 0 Å². The molecule has 2 amide bonds. The fourth-order valence-corrected chi connectivity index (χ4v) is 3.31. The number of likely N-dealkylation sites (N-methyl/N-ethyl adjacent to an activating group) is 1. The van der Waals surface area contributed by atoms with Gasteiger partial charge in [-0.05, 0) is 43.7 Å². The molecule has 0 aliphatic carbocycles. The van der Waals surface area contributed by atoms with Crippen LogP contribution in [0.1, 0.15) is 23.2 Å². The SMILES string of the molecule is CN1CC2(CCN(C(=O)c3ccc(OCCCN)cc3)C2)OCC1=O. The van der Waals surface area contributed by atoms with Gasteiger partial charge in [0, 0.05) is 19.2 Å². The summed E-state index contributed by atoms with van der Waals surface area (Å²) in [5.74, 6) is 0.702. The van der Waals surface area contributed by atoms with Gasteiger partial charge in [-0.15, -0.1) is 0 Å². The van der Waals surface area contributed by atoms with Crippen LogP contribution in [0.4, 0.5) is 0 Å². The maximum Gasteiger partial charge on any atom is 0.253 e. The third kappa shape index (κ3) is 3.93. The lowest BCUT2D eigenvalue weighted by Gasteiger charge is -2.38. The smallest absolute Gasteiger partial charge is 0.253 e. The van der Waals surface area contributed by atoms with Crippen molar-refractivity contribution in [2.75, 3.05) is 46.4 Å². The third-order valence-electron chi connectivity index (χ3n) is 4.77. The molecule has 2 saturated heterocycles. The van der Waals surface area contributed by atoms with Crippen LogP contribution in [0.25, 0.3) is 0 Å². The highest BCUT2D eigenvalue weighted by Gasteiger charge is 2.45. The Morgan fingerprint density at radius 2 is 2.08 bits per heavy atom. The van der Waals surface area contributed by atoms with E-state index in [1.807, 2.05) is 0 Å². The van der Waals surface area contributed by atoms with Crippen LogP contribution < -0.4 is 10.5 Å². The van der Waals surface area contributed by atoms with Crippen LogP contribution in [0.2, 0.25) is 0 Å². The van der Waals surface area contributed by atoms with E-state index >= 15 is 0 Å². The number of carbonyl (C=O) groups is 2. The van der Waals surface area contributed by atoms with Crippen LogP contribution in [-0.2, 0) is 9.53 Å². The Hall–Kier alpha value is -2.12. The summed E-state index contributed by atoms with van der Waals surface area (Å²) in [6.07, 6.45) is 1.55. The van der Waals surface area contributed by atoms with Crippen LogP contribution in [-0.4, -0.2) is 73.7 Å². The van der Waals surface area contributed by atoms with Gasteiger partial charge in [-0.25, -0.2) is 0 Å². The average molecular weight is 347 g/mol. The zero-order valence-electron chi connectivity index (χ0n) is 14.6. The Morgan fingerprint density at radius 1 is 1.32 bits per heavy atom. The first-order chi connectivity index (χ1) is 12.0. The average Bonchev–Trinajstić information content (AvgIpc) is 3.02. The van der Waals surface area contributed by atoms with Crippen molar-refractivity contribution in [3.63, 3.8) is 0 Å². The number of morpholine rings is 1. The molecule has 0 saturated carbocycles. The first-order valence-corrected chi connectivity index (χ1v) is 8.63. The monoisotopic (exact) mass is 347 g/mol. The van der Waals surface area contributed by atoms with E-state index in [1.165, 1.54) is 0 Å². The number of benzene rings is 1. The minimum atomic E-state index is -0.427. The Bertz CT molecular complexity index is 634. The normalized spacial score (nSPS) is 23.4. The molecule has 1 spiro atoms. The molecule has 0 aromatic heterocycles. The number of nitrogens with zero attached hydrogens (tertiary/aromatic N) is 2. The molecule has 7 nitrogen and oxygen atoms in total. The van der Waals surface area contributed by atoms with Crippen LogP contribution in [0.5, 0.6) is 5.75 Å². The molecule has 0 bridgehead atoms. The summed E-state index contributed by atoms with van der Waals surface area (Å²) < 4.78 is 11.3. The van der Waals surface area contributed by atoms with E-state index in [0.717, 1.165) is 18.6 Å². The maximum absolute atomic E-state index is 12.7. The first-order valence-electron chi connectivity index (χ1n) is 8.63. The van der Waals surface area contributed by atoms with E-state index in [0.29, 0.717) is 38.3 Å². The molecule has 7 heteroatoms. The fourth-order valence-electron chi connectivity index (χ4n) is 3.31. The van der Waals surface area contributed by atoms with Crippen molar-refractivity contribution in [3.8, 4) is 5.75 Å². The van der Waals surface area contributed by atoms with Gasteiger partial charge < -0.3 is 25.0 Å². The first kappa shape index (κ1) is 17.7. The number of rotatable bonds is 5. The number of amides is 2. The van der Waals surface area contributed by atoms with Crippen molar-refractivity contribution < 1.29 is 19.1 Å². The predicted octanol–water partition coefficient (Wildman–Crippen LogP) is 0.488. The fraction of sp³-hybridized carbons (Fsp3) is 0.556. The summed E-state index contributed by atoms with van der Waals surface area (Å²) in [7, 11) is 1.78. The number of likely N-dealkylation sites (tertiary alicyclic amines) is 1. The zero-order chi connectivity index (χ0) is 17.9. The van der Waals surface area contributed by atoms with Crippen molar-refractivity contribution in [3.05, 3.63) is 29.8 Å². The highest BCUT2D eigenvalue weighted by molar-refractivity contribution is 5.94. The van der Waals surface area contributed by atoms with Gasteiger partial charge in [0.25, 0.3) is 5.91 Å². The quantitative estimate of drug-likeness (QED) is 0.784. The van der Waals surface area contributed by atoms with Gasteiger partial charge in [0.15, 0.2) is 0 Å². The molecular weight excluding hydrogens is 322 g/mol. The summed E-state index contributed by atoms with van der Waals surface area (Å²) in [4.78, 5) is 27.8. The maximum atomic E-state index is 12.7. The molecule has 2 aliphatic rings. The Morgan fingerprint density at radius 3 is 2.76 bits per heavy atom. The second kappa shape index (κ2) is 7.41. The molecular formula is C18H25N3O4. The second-order valence-electron chi connectivity index (χ2n) is 6.71. The van der Waals surface area contributed by atoms with Crippen LogP contribution in [0, 0.1) is 0 Å². The van der Waals surface area contributed by atoms with Crippen LogP contribution >= 0.6 is 0 Å². The molecule has 1 aromatic carbocycles. The van der Waals surface area contributed by atoms with Crippen molar-refractivity contribution in [2.45, 2.75) is 18.4 Å². The summed E-state index contributed by atoms with van der Waals surface area (Å²) in [5, 5.41) is 0. The van der Waals surface area contributed by atoms with Crippen molar-refractivity contribution in [1.29, 1.82) is 0 Å². The van der Waals surface area contributed by atoms with Gasteiger partial charge >= 0.3 is 0 Å². The lowest BCUT2D eigenvalue weighted by molar-refractivity contribution is -0.158. The van der Waals surface area contributed by atoms with E-state index in [2.05, 4.69) is 0 Å². The lowest BCUT2D eigenvalue weighted by atomic mass is 10.0. The topological polar surface area (TPSA) is 85.1 Å². The molecule has 2 N–H and O–H groups in total. The molecule has 0 radical (unpaired) electrons. The minimum Gasteiger partial charge on any atom is -0.494 e. The zero-order valence-corrected chi connectivity index (χ0v) is 14.6. The molecule has 2 heterocycles. The number of hydrogen-bond donors (Lipinski definition) is 1. The van der Waals surface area contributed by atoms with E-state index in [9.17, 15) is 9.59 Å². The lowest BCUT2D eigenvalue weighted by Crippen LogP contribution is -2.54. The van der Waals surface area contributed by atoms with Crippen molar-refractivity contribution in [1.82, 2.24) is 9.80 Å².